The van der Waals surface area contributed by atoms with Gasteiger partial charge < -0.3 is 5.32 Å². The van der Waals surface area contributed by atoms with Crippen LogP contribution in [0.1, 0.15) is 45.0 Å². The Hall–Kier alpha value is -0.290. The fourth-order valence-electron chi connectivity index (χ4n) is 4.66. The highest BCUT2D eigenvalue weighted by Crippen LogP contribution is 2.47. The molecule has 1 aromatic rings. The van der Waals surface area contributed by atoms with Crippen molar-refractivity contribution in [3.05, 3.63) is 17.5 Å². The highest BCUT2D eigenvalue weighted by atomic mass is 35.5. The van der Waals surface area contributed by atoms with E-state index >= 15 is 0 Å². The van der Waals surface area contributed by atoms with Gasteiger partial charge in [-0.25, -0.2) is 0 Å². The summed E-state index contributed by atoms with van der Waals surface area (Å²) in [5.74, 6) is 1.80. The third-order valence-electron chi connectivity index (χ3n) is 5.66. The Kier molecular flexibility index (Phi) is 5.18. The molecule has 6 heteroatoms. The number of H-pyrrole nitrogens is 1. The Bertz CT molecular complexity index is 492. The molecule has 0 aliphatic carbocycles. The minimum absolute atomic E-state index is 0. The summed E-state index contributed by atoms with van der Waals surface area (Å²) in [5, 5.41) is 11.4. The fraction of sp³-hybridized carbons (Fsp3) is 0.812. The van der Waals surface area contributed by atoms with Crippen molar-refractivity contribution < 1.29 is 0 Å². The zero-order valence-electron chi connectivity index (χ0n) is 13.6. The molecule has 4 heterocycles. The van der Waals surface area contributed by atoms with Crippen LogP contribution in [0.4, 0.5) is 0 Å². The Morgan fingerprint density at radius 1 is 1.14 bits per heavy atom. The summed E-state index contributed by atoms with van der Waals surface area (Å²) in [4.78, 5) is 2.76. The summed E-state index contributed by atoms with van der Waals surface area (Å²) in [6.45, 7) is 10.2. The van der Waals surface area contributed by atoms with Gasteiger partial charge in [-0.05, 0) is 43.8 Å². The first-order valence-corrected chi connectivity index (χ1v) is 8.05. The third kappa shape index (κ3) is 2.79. The van der Waals surface area contributed by atoms with Crippen molar-refractivity contribution >= 4 is 24.8 Å². The van der Waals surface area contributed by atoms with Crippen LogP contribution in [0.3, 0.4) is 0 Å². The predicted molar refractivity (Wildman–Crippen MR) is 94.0 cm³/mol. The van der Waals surface area contributed by atoms with Gasteiger partial charge in [0, 0.05) is 29.7 Å². The first-order chi connectivity index (χ1) is 9.54. The van der Waals surface area contributed by atoms with Crippen molar-refractivity contribution in [1.82, 2.24) is 20.4 Å². The van der Waals surface area contributed by atoms with Crippen LogP contribution in [0.5, 0.6) is 0 Å². The highest BCUT2D eigenvalue weighted by Gasteiger charge is 2.54. The standard InChI is InChI=1S/C16H26N4.2ClH/c1-16(2,3)15-6-10(18-19-15)9-20-13-4-5-14(20)12-8-17-7-11(12)13;;/h6,11-14,17H,4-5,7-9H2,1-3H3,(H,18,19);2*1H/t11-,12+,13-,14+;;. The molecule has 0 radical (unpaired) electrons. The van der Waals surface area contributed by atoms with Gasteiger partial charge in [0.1, 0.15) is 0 Å². The van der Waals surface area contributed by atoms with Gasteiger partial charge >= 0.3 is 0 Å². The number of nitrogens with one attached hydrogen (secondary N) is 2. The summed E-state index contributed by atoms with van der Waals surface area (Å²) >= 11 is 0. The minimum Gasteiger partial charge on any atom is -0.316 e. The van der Waals surface area contributed by atoms with Crippen LogP contribution in [-0.4, -0.2) is 40.3 Å². The van der Waals surface area contributed by atoms with Gasteiger partial charge in [-0.2, -0.15) is 5.10 Å². The monoisotopic (exact) mass is 346 g/mol. The number of hydrogen-bond acceptors (Lipinski definition) is 3. The van der Waals surface area contributed by atoms with Crippen molar-refractivity contribution in [2.75, 3.05) is 13.1 Å². The van der Waals surface area contributed by atoms with Crippen molar-refractivity contribution in [2.24, 2.45) is 11.8 Å². The molecule has 2 N–H and O–H groups in total. The maximum absolute atomic E-state index is 4.51. The van der Waals surface area contributed by atoms with E-state index in [1.807, 2.05) is 0 Å². The Morgan fingerprint density at radius 2 is 1.73 bits per heavy atom. The maximum Gasteiger partial charge on any atom is 0.0678 e. The lowest BCUT2D eigenvalue weighted by atomic mass is 9.82. The van der Waals surface area contributed by atoms with Crippen LogP contribution in [0.15, 0.2) is 6.07 Å². The Morgan fingerprint density at radius 3 is 2.23 bits per heavy atom. The van der Waals surface area contributed by atoms with E-state index in [-0.39, 0.29) is 30.2 Å². The third-order valence-corrected chi connectivity index (χ3v) is 5.66. The lowest BCUT2D eigenvalue weighted by molar-refractivity contribution is 0.216. The van der Waals surface area contributed by atoms with Crippen molar-refractivity contribution in [3.63, 3.8) is 0 Å². The molecule has 0 unspecified atom stereocenters. The van der Waals surface area contributed by atoms with Crippen molar-refractivity contribution in [2.45, 2.75) is 57.7 Å². The van der Waals surface area contributed by atoms with Gasteiger partial charge in [-0.3, -0.25) is 10.00 Å². The largest absolute Gasteiger partial charge is 0.316 e. The number of hydrogen-bond donors (Lipinski definition) is 2. The molecule has 0 aromatic carbocycles. The van der Waals surface area contributed by atoms with E-state index in [2.05, 4.69) is 47.3 Å². The van der Waals surface area contributed by atoms with Gasteiger partial charge in [0.2, 0.25) is 0 Å². The SMILES string of the molecule is CC(C)(C)c1cc(CN2[C@@H]3CC[C@H]2[C@H]2CNC[C@H]23)[nH]n1.Cl.Cl. The molecule has 2 bridgehead atoms. The fourth-order valence-corrected chi connectivity index (χ4v) is 4.66. The van der Waals surface area contributed by atoms with Gasteiger partial charge in [-0.1, -0.05) is 20.8 Å². The first-order valence-electron chi connectivity index (χ1n) is 8.05. The quantitative estimate of drug-likeness (QED) is 0.865. The molecule has 4 rings (SSSR count). The molecule has 1 aromatic heterocycles. The summed E-state index contributed by atoms with van der Waals surface area (Å²) in [6, 6.07) is 3.88. The van der Waals surface area contributed by atoms with Crippen LogP contribution in [0.25, 0.3) is 0 Å². The molecule has 0 saturated carbocycles. The summed E-state index contributed by atoms with van der Waals surface area (Å²) in [5.41, 5.74) is 2.61. The molecule has 3 fully saturated rings. The van der Waals surface area contributed by atoms with Gasteiger partial charge in [0.15, 0.2) is 0 Å². The zero-order chi connectivity index (χ0) is 13.9. The van der Waals surface area contributed by atoms with Crippen molar-refractivity contribution in [3.8, 4) is 0 Å². The second kappa shape index (κ2) is 6.31. The van der Waals surface area contributed by atoms with Crippen LogP contribution in [-0.2, 0) is 12.0 Å². The highest BCUT2D eigenvalue weighted by molar-refractivity contribution is 5.85. The van der Waals surface area contributed by atoms with Gasteiger partial charge in [0.25, 0.3) is 0 Å². The van der Waals surface area contributed by atoms with E-state index in [1.54, 1.807) is 0 Å². The smallest absolute Gasteiger partial charge is 0.0678 e. The van der Waals surface area contributed by atoms with E-state index in [0.29, 0.717) is 0 Å². The van der Waals surface area contributed by atoms with Crippen LogP contribution in [0.2, 0.25) is 0 Å². The van der Waals surface area contributed by atoms with Crippen LogP contribution >= 0.6 is 24.8 Å². The molecule has 0 amide bonds. The summed E-state index contributed by atoms with van der Waals surface area (Å²) < 4.78 is 0. The van der Waals surface area contributed by atoms with E-state index in [1.165, 1.54) is 37.3 Å². The maximum atomic E-state index is 4.51. The molecule has 4 atom stereocenters. The lowest BCUT2D eigenvalue weighted by Gasteiger charge is -2.23. The molecule has 0 spiro atoms. The minimum atomic E-state index is 0. The average Bonchev–Trinajstić information content (AvgIpc) is 3.09. The van der Waals surface area contributed by atoms with Gasteiger partial charge in [-0.15, -0.1) is 24.8 Å². The second-order valence-electron chi connectivity index (χ2n) is 7.90. The van der Waals surface area contributed by atoms with Crippen molar-refractivity contribution in [1.29, 1.82) is 0 Å². The van der Waals surface area contributed by atoms with Crippen LogP contribution < -0.4 is 5.32 Å². The van der Waals surface area contributed by atoms with E-state index in [0.717, 1.165) is 30.5 Å². The molecule has 4 nitrogen and oxygen atoms in total. The molecule has 126 valence electrons. The summed E-state index contributed by atoms with van der Waals surface area (Å²) in [7, 11) is 0. The lowest BCUT2D eigenvalue weighted by Crippen LogP contribution is -2.33. The number of fused-ring (bicyclic) bond motifs is 5. The normalized spacial score (nSPS) is 33.4. The summed E-state index contributed by atoms with van der Waals surface area (Å²) in [6.07, 6.45) is 2.79. The number of nitrogens with zero attached hydrogens (tertiary/aromatic N) is 2. The van der Waals surface area contributed by atoms with E-state index < -0.39 is 0 Å². The predicted octanol–water partition coefficient (Wildman–Crippen LogP) is 2.73. The number of aromatic nitrogens is 2. The molecular weight excluding hydrogens is 319 g/mol. The Labute approximate surface area is 145 Å². The first kappa shape index (κ1) is 18.1. The zero-order valence-corrected chi connectivity index (χ0v) is 15.3. The van der Waals surface area contributed by atoms with Crippen LogP contribution in [0, 0.1) is 11.8 Å². The molecule has 3 aliphatic rings. The van der Waals surface area contributed by atoms with E-state index in [9.17, 15) is 0 Å². The molecule has 22 heavy (non-hydrogen) atoms. The molecular formula is C16H28Cl2N4. The van der Waals surface area contributed by atoms with E-state index in [4.69, 9.17) is 0 Å². The second-order valence-corrected chi connectivity index (χ2v) is 7.90. The Balaban J connectivity index is 0.000000882. The molecule has 3 saturated heterocycles. The number of rotatable bonds is 2. The molecule has 3 aliphatic heterocycles. The number of aromatic amines is 1. The van der Waals surface area contributed by atoms with Gasteiger partial charge in [0.05, 0.1) is 5.69 Å². The topological polar surface area (TPSA) is 44.0 Å². The average molecular weight is 347 g/mol. The number of halogens is 2.